The van der Waals surface area contributed by atoms with E-state index in [0.29, 0.717) is 30.3 Å². The van der Waals surface area contributed by atoms with E-state index >= 15 is 0 Å². The Morgan fingerprint density at radius 2 is 2.17 bits per heavy atom. The summed E-state index contributed by atoms with van der Waals surface area (Å²) >= 11 is 1.38. The summed E-state index contributed by atoms with van der Waals surface area (Å²) in [5.74, 6) is -0.305. The standard InChI is InChI=1S/C17H20FN3O2S/c1-12(21-6-8-23-9-7-21)16(22)20-17-19-11-14(24-17)10-13-4-2-3-5-15(13)18/h2-5,11-12H,6-10H2,1H3,(H,19,20,22). The van der Waals surface area contributed by atoms with E-state index in [1.165, 1.54) is 17.4 Å². The van der Waals surface area contributed by atoms with Gasteiger partial charge >= 0.3 is 0 Å². The van der Waals surface area contributed by atoms with Crippen LogP contribution < -0.4 is 5.32 Å². The summed E-state index contributed by atoms with van der Waals surface area (Å²) in [4.78, 5) is 19.6. The molecule has 1 unspecified atom stereocenters. The van der Waals surface area contributed by atoms with Crippen LogP contribution in [0.3, 0.4) is 0 Å². The Bertz CT molecular complexity index is 701. The van der Waals surface area contributed by atoms with Crippen molar-refractivity contribution in [2.45, 2.75) is 19.4 Å². The summed E-state index contributed by atoms with van der Waals surface area (Å²) in [5.41, 5.74) is 0.626. The predicted molar refractivity (Wildman–Crippen MR) is 91.8 cm³/mol. The number of nitrogens with zero attached hydrogens (tertiary/aromatic N) is 2. The van der Waals surface area contributed by atoms with E-state index in [4.69, 9.17) is 4.74 Å². The molecule has 5 nitrogen and oxygen atoms in total. The first-order valence-electron chi connectivity index (χ1n) is 7.94. The first kappa shape index (κ1) is 17.0. The highest BCUT2D eigenvalue weighted by Crippen LogP contribution is 2.22. The van der Waals surface area contributed by atoms with E-state index in [2.05, 4.69) is 15.2 Å². The number of ether oxygens (including phenoxy) is 1. The Hall–Kier alpha value is -1.83. The number of nitrogens with one attached hydrogen (secondary N) is 1. The monoisotopic (exact) mass is 349 g/mol. The van der Waals surface area contributed by atoms with Crippen LogP contribution in [-0.4, -0.2) is 48.1 Å². The molecule has 24 heavy (non-hydrogen) atoms. The largest absolute Gasteiger partial charge is 0.379 e. The fraction of sp³-hybridized carbons (Fsp3) is 0.412. The van der Waals surface area contributed by atoms with Gasteiger partial charge in [0.25, 0.3) is 0 Å². The summed E-state index contributed by atoms with van der Waals surface area (Å²) in [6.45, 7) is 4.70. The number of benzene rings is 1. The summed E-state index contributed by atoms with van der Waals surface area (Å²) in [6, 6.07) is 6.46. The molecule has 1 aliphatic heterocycles. The third-order valence-corrected chi connectivity index (χ3v) is 4.99. The highest BCUT2D eigenvalue weighted by Gasteiger charge is 2.23. The Labute approximate surface area is 144 Å². The first-order chi connectivity index (χ1) is 11.6. The fourth-order valence-electron chi connectivity index (χ4n) is 2.62. The second-order valence-corrected chi connectivity index (χ2v) is 6.83. The lowest BCUT2D eigenvalue weighted by molar-refractivity contribution is -0.122. The number of carbonyl (C=O) groups is 1. The van der Waals surface area contributed by atoms with E-state index < -0.39 is 0 Å². The van der Waals surface area contributed by atoms with Crippen molar-refractivity contribution in [3.8, 4) is 0 Å². The molecule has 2 aromatic rings. The Morgan fingerprint density at radius 1 is 1.42 bits per heavy atom. The van der Waals surface area contributed by atoms with Crippen LogP contribution in [0.5, 0.6) is 0 Å². The van der Waals surface area contributed by atoms with Crippen LogP contribution in [0, 0.1) is 5.82 Å². The molecular weight excluding hydrogens is 329 g/mol. The smallest absolute Gasteiger partial charge is 0.243 e. The van der Waals surface area contributed by atoms with Gasteiger partial charge in [0, 0.05) is 30.6 Å². The summed E-state index contributed by atoms with van der Waals surface area (Å²) in [5, 5.41) is 3.40. The molecule has 1 aromatic carbocycles. The maximum atomic E-state index is 13.7. The lowest BCUT2D eigenvalue weighted by atomic mass is 10.1. The van der Waals surface area contributed by atoms with Crippen LogP contribution in [0.1, 0.15) is 17.4 Å². The van der Waals surface area contributed by atoms with E-state index in [-0.39, 0.29) is 17.8 Å². The number of morpholine rings is 1. The lowest BCUT2D eigenvalue weighted by Gasteiger charge is -2.31. The topological polar surface area (TPSA) is 54.5 Å². The quantitative estimate of drug-likeness (QED) is 0.901. The number of aromatic nitrogens is 1. The van der Waals surface area contributed by atoms with Crippen LogP contribution in [0.15, 0.2) is 30.5 Å². The molecule has 0 aliphatic carbocycles. The maximum Gasteiger partial charge on any atom is 0.243 e. The molecule has 2 heterocycles. The second kappa shape index (κ2) is 7.83. The molecule has 128 valence electrons. The molecule has 1 amide bonds. The van der Waals surface area contributed by atoms with Gasteiger partial charge in [-0.05, 0) is 18.6 Å². The predicted octanol–water partition coefficient (Wildman–Crippen LogP) is 2.53. The van der Waals surface area contributed by atoms with E-state index in [0.717, 1.165) is 18.0 Å². The zero-order chi connectivity index (χ0) is 16.9. The fourth-order valence-corrected chi connectivity index (χ4v) is 3.46. The van der Waals surface area contributed by atoms with Gasteiger partial charge in [-0.1, -0.05) is 18.2 Å². The van der Waals surface area contributed by atoms with E-state index in [1.807, 2.05) is 13.0 Å². The number of carbonyl (C=O) groups excluding carboxylic acids is 1. The van der Waals surface area contributed by atoms with Gasteiger partial charge in [-0.3, -0.25) is 9.69 Å². The summed E-state index contributed by atoms with van der Waals surface area (Å²) in [7, 11) is 0. The molecule has 1 fully saturated rings. The van der Waals surface area contributed by atoms with Crippen molar-refractivity contribution in [3.63, 3.8) is 0 Å². The minimum Gasteiger partial charge on any atom is -0.379 e. The van der Waals surface area contributed by atoms with Gasteiger partial charge in [0.05, 0.1) is 19.3 Å². The zero-order valence-corrected chi connectivity index (χ0v) is 14.3. The van der Waals surface area contributed by atoms with Crippen molar-refractivity contribution in [1.29, 1.82) is 0 Å². The van der Waals surface area contributed by atoms with Crippen molar-refractivity contribution in [3.05, 3.63) is 46.7 Å². The van der Waals surface area contributed by atoms with Crippen LogP contribution >= 0.6 is 11.3 Å². The molecule has 3 rings (SSSR count). The SMILES string of the molecule is CC(C(=O)Nc1ncc(Cc2ccccc2F)s1)N1CCOCC1. The zero-order valence-electron chi connectivity index (χ0n) is 13.5. The normalized spacial score (nSPS) is 16.8. The molecule has 0 spiro atoms. The van der Waals surface area contributed by atoms with Crippen molar-refractivity contribution >= 4 is 22.4 Å². The average Bonchev–Trinajstić information content (AvgIpc) is 3.04. The number of rotatable bonds is 5. The number of anilines is 1. The molecule has 1 N–H and O–H groups in total. The molecule has 1 saturated heterocycles. The van der Waals surface area contributed by atoms with Crippen LogP contribution in [0.4, 0.5) is 9.52 Å². The molecule has 1 atom stereocenters. The summed E-state index contributed by atoms with van der Waals surface area (Å²) in [6.07, 6.45) is 2.16. The number of thiazole rings is 1. The molecule has 0 radical (unpaired) electrons. The van der Waals surface area contributed by atoms with Gasteiger partial charge in [-0.2, -0.15) is 0 Å². The van der Waals surface area contributed by atoms with Crippen LogP contribution in [0.25, 0.3) is 0 Å². The molecule has 0 saturated carbocycles. The van der Waals surface area contributed by atoms with Gasteiger partial charge in [0.1, 0.15) is 5.82 Å². The number of amides is 1. The highest BCUT2D eigenvalue weighted by atomic mass is 32.1. The van der Waals surface area contributed by atoms with Gasteiger partial charge in [0.2, 0.25) is 5.91 Å². The van der Waals surface area contributed by atoms with Gasteiger partial charge in [-0.25, -0.2) is 9.37 Å². The molecule has 0 bridgehead atoms. The maximum absolute atomic E-state index is 13.7. The number of halogens is 1. The minimum atomic E-state index is -0.229. The number of hydrogen-bond donors (Lipinski definition) is 1. The first-order valence-corrected chi connectivity index (χ1v) is 8.76. The third kappa shape index (κ3) is 4.17. The Kier molecular flexibility index (Phi) is 5.55. The highest BCUT2D eigenvalue weighted by molar-refractivity contribution is 7.15. The van der Waals surface area contributed by atoms with Crippen molar-refractivity contribution < 1.29 is 13.9 Å². The van der Waals surface area contributed by atoms with E-state index in [1.54, 1.807) is 18.3 Å². The number of hydrogen-bond acceptors (Lipinski definition) is 5. The minimum absolute atomic E-state index is 0.0799. The van der Waals surface area contributed by atoms with Gasteiger partial charge in [-0.15, -0.1) is 11.3 Å². The van der Waals surface area contributed by atoms with Crippen molar-refractivity contribution in [1.82, 2.24) is 9.88 Å². The molecule has 1 aliphatic rings. The molecular formula is C17H20FN3O2S. The average molecular weight is 349 g/mol. The van der Waals surface area contributed by atoms with E-state index in [9.17, 15) is 9.18 Å². The molecule has 1 aromatic heterocycles. The van der Waals surface area contributed by atoms with Gasteiger partial charge < -0.3 is 10.1 Å². The third-order valence-electron chi connectivity index (χ3n) is 4.08. The second-order valence-electron chi connectivity index (χ2n) is 5.71. The summed E-state index contributed by atoms with van der Waals surface area (Å²) < 4.78 is 19.0. The Morgan fingerprint density at radius 3 is 2.92 bits per heavy atom. The van der Waals surface area contributed by atoms with Crippen molar-refractivity contribution in [2.75, 3.05) is 31.6 Å². The lowest BCUT2D eigenvalue weighted by Crippen LogP contribution is -2.47. The Balaban J connectivity index is 1.59. The van der Waals surface area contributed by atoms with Gasteiger partial charge in [0.15, 0.2) is 5.13 Å². The van der Waals surface area contributed by atoms with Crippen molar-refractivity contribution in [2.24, 2.45) is 0 Å². The van der Waals surface area contributed by atoms with Crippen LogP contribution in [0.2, 0.25) is 0 Å². The van der Waals surface area contributed by atoms with Crippen LogP contribution in [-0.2, 0) is 16.0 Å². The molecule has 7 heteroatoms.